The molecule has 3 amide bonds. The van der Waals surface area contributed by atoms with E-state index in [4.69, 9.17) is 0 Å². The largest absolute Gasteiger partial charge is 0.325 e. The molecule has 0 spiro atoms. The van der Waals surface area contributed by atoms with Crippen LogP contribution >= 0.6 is 0 Å². The van der Waals surface area contributed by atoms with E-state index in [0.717, 1.165) is 41.7 Å². The zero-order valence-electron chi connectivity index (χ0n) is 13.6. The van der Waals surface area contributed by atoms with Gasteiger partial charge < -0.3 is 5.32 Å². The summed E-state index contributed by atoms with van der Waals surface area (Å²) >= 11 is 0. The summed E-state index contributed by atoms with van der Waals surface area (Å²) in [7, 11) is 0. The molecule has 2 atom stereocenters. The number of carbonyl (C=O) groups excluding carboxylic acids is 3. The lowest BCUT2D eigenvalue weighted by Crippen LogP contribution is -2.38. The summed E-state index contributed by atoms with van der Waals surface area (Å²) in [5.41, 5.74) is 2.81. The Morgan fingerprint density at radius 3 is 2.09 bits per heavy atom. The maximum atomic E-state index is 12.4. The molecule has 1 aliphatic heterocycles. The number of aryl methyl sites for hydroxylation is 2. The summed E-state index contributed by atoms with van der Waals surface area (Å²) in [4.78, 5) is 38.1. The molecule has 122 valence electrons. The number of benzene rings is 1. The van der Waals surface area contributed by atoms with Crippen LogP contribution in [0.15, 0.2) is 18.2 Å². The molecule has 2 fully saturated rings. The maximum absolute atomic E-state index is 12.4. The molecule has 5 nitrogen and oxygen atoms in total. The predicted octanol–water partition coefficient (Wildman–Crippen LogP) is 2.42. The number of hydrogen-bond acceptors (Lipinski definition) is 3. The van der Waals surface area contributed by atoms with Crippen LogP contribution in [0.3, 0.4) is 0 Å². The van der Waals surface area contributed by atoms with Crippen LogP contribution in [0.5, 0.6) is 0 Å². The molecule has 2 aliphatic rings. The van der Waals surface area contributed by atoms with Crippen molar-refractivity contribution in [2.45, 2.75) is 39.5 Å². The first-order valence-corrected chi connectivity index (χ1v) is 8.19. The van der Waals surface area contributed by atoms with Gasteiger partial charge >= 0.3 is 0 Å². The number of anilines is 1. The quantitative estimate of drug-likeness (QED) is 0.871. The molecular formula is C18H22N2O3. The lowest BCUT2D eigenvalue weighted by atomic mass is 9.81. The zero-order chi connectivity index (χ0) is 16.6. The maximum Gasteiger partial charge on any atom is 0.244 e. The van der Waals surface area contributed by atoms with E-state index in [1.807, 2.05) is 32.0 Å². The van der Waals surface area contributed by atoms with Crippen LogP contribution < -0.4 is 5.32 Å². The van der Waals surface area contributed by atoms with Crippen molar-refractivity contribution in [3.63, 3.8) is 0 Å². The standard InChI is InChI=1S/C18H22N2O3/c1-11-7-12(2)9-13(8-11)19-16(21)10-20-17(22)14-5-3-4-6-15(14)18(20)23/h7-9,14-15H,3-6,10H2,1-2H3,(H,19,21)/t14-,15+. The average Bonchev–Trinajstić information content (AvgIpc) is 2.72. The van der Waals surface area contributed by atoms with E-state index in [1.165, 1.54) is 0 Å². The second-order valence-electron chi connectivity index (χ2n) is 6.68. The van der Waals surface area contributed by atoms with Gasteiger partial charge in [0.25, 0.3) is 0 Å². The highest BCUT2D eigenvalue weighted by molar-refractivity contribution is 6.08. The van der Waals surface area contributed by atoms with Crippen LogP contribution in [0.4, 0.5) is 5.69 Å². The first-order chi connectivity index (χ1) is 11.0. The first-order valence-electron chi connectivity index (χ1n) is 8.19. The monoisotopic (exact) mass is 314 g/mol. The van der Waals surface area contributed by atoms with Gasteiger partial charge in [0.1, 0.15) is 6.54 Å². The molecular weight excluding hydrogens is 292 g/mol. The molecule has 1 saturated carbocycles. The molecule has 1 heterocycles. The number of nitrogens with zero attached hydrogens (tertiary/aromatic N) is 1. The Bertz CT molecular complexity index is 624. The van der Waals surface area contributed by atoms with Crippen LogP contribution in [-0.4, -0.2) is 29.2 Å². The van der Waals surface area contributed by atoms with Gasteiger partial charge in [-0.25, -0.2) is 0 Å². The second-order valence-corrected chi connectivity index (χ2v) is 6.68. The molecule has 23 heavy (non-hydrogen) atoms. The summed E-state index contributed by atoms with van der Waals surface area (Å²) in [5, 5.41) is 2.79. The molecule has 1 saturated heterocycles. The SMILES string of the molecule is Cc1cc(C)cc(NC(=O)CN2C(=O)[C@H]3CCCC[C@H]3C2=O)c1. The highest BCUT2D eigenvalue weighted by atomic mass is 16.2. The fourth-order valence-corrected chi connectivity index (χ4v) is 3.78. The zero-order valence-corrected chi connectivity index (χ0v) is 13.6. The van der Waals surface area contributed by atoms with Gasteiger partial charge in [-0.05, 0) is 49.9 Å². The smallest absolute Gasteiger partial charge is 0.244 e. The van der Waals surface area contributed by atoms with Crippen molar-refractivity contribution in [1.82, 2.24) is 4.90 Å². The van der Waals surface area contributed by atoms with Crippen molar-refractivity contribution < 1.29 is 14.4 Å². The minimum absolute atomic E-state index is 0.171. The van der Waals surface area contributed by atoms with Gasteiger partial charge in [-0.2, -0.15) is 0 Å². The normalized spacial score (nSPS) is 23.8. The molecule has 0 bridgehead atoms. The Labute approximate surface area is 136 Å². The van der Waals surface area contributed by atoms with Crippen molar-refractivity contribution in [2.24, 2.45) is 11.8 Å². The van der Waals surface area contributed by atoms with Crippen LogP contribution in [0.2, 0.25) is 0 Å². The van der Waals surface area contributed by atoms with Crippen molar-refractivity contribution in [2.75, 3.05) is 11.9 Å². The molecule has 0 unspecified atom stereocenters. The first kappa shape index (κ1) is 15.7. The Kier molecular flexibility index (Phi) is 4.20. The number of likely N-dealkylation sites (tertiary alicyclic amines) is 1. The molecule has 1 aromatic carbocycles. The third kappa shape index (κ3) is 3.14. The predicted molar refractivity (Wildman–Crippen MR) is 86.7 cm³/mol. The third-order valence-corrected chi connectivity index (χ3v) is 4.74. The average molecular weight is 314 g/mol. The Morgan fingerprint density at radius 2 is 1.57 bits per heavy atom. The van der Waals surface area contributed by atoms with Crippen LogP contribution in [0.25, 0.3) is 0 Å². The highest BCUT2D eigenvalue weighted by Gasteiger charge is 2.48. The molecule has 1 aliphatic carbocycles. The summed E-state index contributed by atoms with van der Waals surface area (Å²) in [6, 6.07) is 5.77. The van der Waals surface area contributed by atoms with E-state index in [-0.39, 0.29) is 36.1 Å². The minimum Gasteiger partial charge on any atom is -0.325 e. The van der Waals surface area contributed by atoms with Crippen molar-refractivity contribution in [3.05, 3.63) is 29.3 Å². The molecule has 1 N–H and O–H groups in total. The van der Waals surface area contributed by atoms with Gasteiger partial charge in [0.2, 0.25) is 17.7 Å². The fraction of sp³-hybridized carbons (Fsp3) is 0.500. The van der Waals surface area contributed by atoms with Gasteiger partial charge in [0, 0.05) is 5.69 Å². The van der Waals surface area contributed by atoms with Crippen LogP contribution in [-0.2, 0) is 14.4 Å². The van der Waals surface area contributed by atoms with Gasteiger partial charge in [0.05, 0.1) is 11.8 Å². The number of rotatable bonds is 3. The van der Waals surface area contributed by atoms with E-state index in [1.54, 1.807) is 0 Å². The van der Waals surface area contributed by atoms with Gasteiger partial charge in [-0.1, -0.05) is 18.9 Å². The summed E-state index contributed by atoms with van der Waals surface area (Å²) in [6.45, 7) is 3.74. The summed E-state index contributed by atoms with van der Waals surface area (Å²) in [6.07, 6.45) is 3.51. The molecule has 3 rings (SSSR count). The fourth-order valence-electron chi connectivity index (χ4n) is 3.78. The van der Waals surface area contributed by atoms with Crippen molar-refractivity contribution >= 4 is 23.4 Å². The topological polar surface area (TPSA) is 66.5 Å². The van der Waals surface area contributed by atoms with Crippen LogP contribution in [0.1, 0.15) is 36.8 Å². The number of nitrogens with one attached hydrogen (secondary N) is 1. The number of imide groups is 1. The van der Waals surface area contributed by atoms with Gasteiger partial charge in [-0.3, -0.25) is 19.3 Å². The molecule has 0 aromatic heterocycles. The molecule has 5 heteroatoms. The Morgan fingerprint density at radius 1 is 1.04 bits per heavy atom. The van der Waals surface area contributed by atoms with Gasteiger partial charge in [0.15, 0.2) is 0 Å². The van der Waals surface area contributed by atoms with Gasteiger partial charge in [-0.15, -0.1) is 0 Å². The van der Waals surface area contributed by atoms with Crippen LogP contribution in [0, 0.1) is 25.7 Å². The number of fused-ring (bicyclic) bond motifs is 1. The van der Waals surface area contributed by atoms with E-state index in [9.17, 15) is 14.4 Å². The highest BCUT2D eigenvalue weighted by Crippen LogP contribution is 2.37. The molecule has 0 radical (unpaired) electrons. The second kappa shape index (κ2) is 6.14. The summed E-state index contributed by atoms with van der Waals surface area (Å²) < 4.78 is 0. The Hall–Kier alpha value is -2.17. The van der Waals surface area contributed by atoms with E-state index in [2.05, 4.69) is 5.32 Å². The molecule has 1 aromatic rings. The van der Waals surface area contributed by atoms with E-state index < -0.39 is 0 Å². The lowest BCUT2D eigenvalue weighted by Gasteiger charge is -2.19. The summed E-state index contributed by atoms with van der Waals surface area (Å²) in [5.74, 6) is -1.07. The third-order valence-electron chi connectivity index (χ3n) is 4.74. The van der Waals surface area contributed by atoms with Crippen molar-refractivity contribution in [3.8, 4) is 0 Å². The minimum atomic E-state index is -0.324. The number of carbonyl (C=O) groups is 3. The van der Waals surface area contributed by atoms with E-state index in [0.29, 0.717) is 5.69 Å². The number of hydrogen-bond donors (Lipinski definition) is 1. The Balaban J connectivity index is 1.67. The lowest BCUT2D eigenvalue weighted by molar-refractivity contribution is -0.142. The van der Waals surface area contributed by atoms with Crippen molar-refractivity contribution in [1.29, 1.82) is 0 Å². The number of amides is 3. The van der Waals surface area contributed by atoms with E-state index >= 15 is 0 Å².